The molecule has 1 aromatic heterocycles. The van der Waals surface area contributed by atoms with Gasteiger partial charge in [-0.1, -0.05) is 24.3 Å². The number of non-ortho nitro benzene ring substituents is 1. The molecule has 8 heteroatoms. The summed E-state index contributed by atoms with van der Waals surface area (Å²) >= 11 is 0. The molecule has 0 aliphatic carbocycles. The van der Waals surface area contributed by atoms with Crippen LogP contribution in [0.5, 0.6) is 5.75 Å². The van der Waals surface area contributed by atoms with E-state index in [9.17, 15) is 20.0 Å². The molecule has 4 rings (SSSR count). The van der Waals surface area contributed by atoms with E-state index in [1.165, 1.54) is 24.3 Å². The molecule has 0 radical (unpaired) electrons. The maximum Gasteiger partial charge on any atom is 0.275 e. The summed E-state index contributed by atoms with van der Waals surface area (Å²) in [5, 5.41) is 24.7. The maximum absolute atomic E-state index is 12.2. The van der Waals surface area contributed by atoms with E-state index in [1.807, 2.05) is 44.2 Å². The Hall–Kier alpha value is -4.72. The van der Waals surface area contributed by atoms with Crippen molar-refractivity contribution in [3.63, 3.8) is 0 Å². The average Bonchev–Trinajstić information content (AvgIpc) is 3.12. The molecule has 0 bridgehead atoms. The van der Waals surface area contributed by atoms with E-state index >= 15 is 0 Å². The summed E-state index contributed by atoms with van der Waals surface area (Å²) in [5.74, 6) is -0.601. The number of hydrogen-bond acceptors (Lipinski definition) is 5. The smallest absolute Gasteiger partial charge is 0.275 e. The van der Waals surface area contributed by atoms with Crippen LogP contribution in [-0.4, -0.2) is 26.7 Å². The third-order valence-corrected chi connectivity index (χ3v) is 5.53. The molecule has 0 fully saturated rings. The van der Waals surface area contributed by atoms with Gasteiger partial charge in [0.2, 0.25) is 0 Å². The number of hydrazone groups is 1. The number of nitrogens with one attached hydrogen (secondary N) is 1. The summed E-state index contributed by atoms with van der Waals surface area (Å²) in [4.78, 5) is 22.7. The predicted molar refractivity (Wildman–Crippen MR) is 131 cm³/mol. The molecule has 34 heavy (non-hydrogen) atoms. The largest absolute Gasteiger partial charge is 0.507 e. The summed E-state index contributed by atoms with van der Waals surface area (Å²) in [6, 6.07) is 22.6. The van der Waals surface area contributed by atoms with E-state index in [4.69, 9.17) is 0 Å². The molecular weight excluding hydrogens is 432 g/mol. The van der Waals surface area contributed by atoms with Crippen LogP contribution < -0.4 is 5.43 Å². The SMILES string of the molecule is Cc1cc(/C=N/NC(=O)c2ccccc2O)c(C)n1-c1ccc(-c2ccc([N+](=O)[O-])cc2)cc1. The molecule has 0 aliphatic heterocycles. The zero-order valence-electron chi connectivity index (χ0n) is 18.6. The molecule has 0 saturated carbocycles. The van der Waals surface area contributed by atoms with Gasteiger partial charge >= 0.3 is 0 Å². The van der Waals surface area contributed by atoms with Gasteiger partial charge in [-0.3, -0.25) is 14.9 Å². The number of benzene rings is 3. The number of rotatable bonds is 6. The number of aromatic nitrogens is 1. The van der Waals surface area contributed by atoms with Crippen molar-refractivity contribution in [2.75, 3.05) is 0 Å². The molecule has 0 spiro atoms. The van der Waals surface area contributed by atoms with Crippen molar-refractivity contribution in [3.05, 3.63) is 111 Å². The van der Waals surface area contributed by atoms with E-state index in [2.05, 4.69) is 15.1 Å². The molecule has 170 valence electrons. The standard InChI is InChI=1S/C26H22N4O4/c1-17-15-21(16-27-28-26(32)24-5-3-4-6-25(24)31)18(2)29(17)22-11-7-19(8-12-22)20-9-13-23(14-10-20)30(33)34/h3-16,31H,1-2H3,(H,28,32)/b27-16+. The third kappa shape index (κ3) is 4.56. The number of aromatic hydroxyl groups is 1. The van der Waals surface area contributed by atoms with Gasteiger partial charge in [0.25, 0.3) is 11.6 Å². The van der Waals surface area contributed by atoms with E-state index in [-0.39, 0.29) is 17.0 Å². The van der Waals surface area contributed by atoms with Crippen molar-refractivity contribution in [2.24, 2.45) is 5.10 Å². The van der Waals surface area contributed by atoms with Gasteiger partial charge in [0, 0.05) is 34.8 Å². The molecular formula is C26H22N4O4. The summed E-state index contributed by atoms with van der Waals surface area (Å²) < 4.78 is 2.08. The summed E-state index contributed by atoms with van der Waals surface area (Å²) in [6.07, 6.45) is 1.57. The van der Waals surface area contributed by atoms with Crippen LogP contribution in [0.15, 0.2) is 84.0 Å². The Morgan fingerprint density at radius 1 is 1.00 bits per heavy atom. The van der Waals surface area contributed by atoms with Crippen molar-refractivity contribution in [2.45, 2.75) is 13.8 Å². The normalized spacial score (nSPS) is 11.0. The van der Waals surface area contributed by atoms with Gasteiger partial charge in [-0.2, -0.15) is 5.10 Å². The molecule has 1 heterocycles. The first-order chi connectivity index (χ1) is 16.3. The number of nitro groups is 1. The number of carbonyl (C=O) groups is 1. The number of phenolic OH excluding ortho intramolecular Hbond substituents is 1. The van der Waals surface area contributed by atoms with Crippen LogP contribution >= 0.6 is 0 Å². The Balaban J connectivity index is 1.52. The van der Waals surface area contributed by atoms with Gasteiger partial charge in [-0.15, -0.1) is 0 Å². The number of phenols is 1. The predicted octanol–water partition coefficient (Wildman–Crippen LogP) is 5.14. The van der Waals surface area contributed by atoms with Crippen molar-refractivity contribution >= 4 is 17.8 Å². The summed E-state index contributed by atoms with van der Waals surface area (Å²) in [5.41, 5.74) is 8.24. The Kier molecular flexibility index (Phi) is 6.22. The highest BCUT2D eigenvalue weighted by atomic mass is 16.6. The average molecular weight is 454 g/mol. The monoisotopic (exact) mass is 454 g/mol. The van der Waals surface area contributed by atoms with E-state index in [0.29, 0.717) is 0 Å². The number of aryl methyl sites for hydroxylation is 1. The number of hydrogen-bond donors (Lipinski definition) is 2. The minimum absolute atomic E-state index is 0.0601. The van der Waals surface area contributed by atoms with Crippen LogP contribution in [0.4, 0.5) is 5.69 Å². The van der Waals surface area contributed by atoms with Gasteiger partial charge in [-0.25, -0.2) is 5.43 Å². The fourth-order valence-corrected chi connectivity index (χ4v) is 3.78. The second-order valence-corrected chi connectivity index (χ2v) is 7.73. The highest BCUT2D eigenvalue weighted by Crippen LogP contribution is 2.26. The number of nitrogens with zero attached hydrogens (tertiary/aromatic N) is 3. The third-order valence-electron chi connectivity index (χ3n) is 5.53. The second kappa shape index (κ2) is 9.41. The second-order valence-electron chi connectivity index (χ2n) is 7.73. The van der Waals surface area contributed by atoms with E-state index in [0.717, 1.165) is 33.8 Å². The number of nitro benzene ring substituents is 1. The first-order valence-electron chi connectivity index (χ1n) is 10.5. The lowest BCUT2D eigenvalue weighted by Crippen LogP contribution is -2.17. The summed E-state index contributed by atoms with van der Waals surface area (Å²) in [7, 11) is 0. The highest BCUT2D eigenvalue weighted by molar-refractivity contribution is 5.97. The van der Waals surface area contributed by atoms with Crippen LogP contribution in [-0.2, 0) is 0 Å². The molecule has 1 amide bonds. The molecule has 4 aromatic rings. The first-order valence-corrected chi connectivity index (χ1v) is 10.5. The quantitative estimate of drug-likeness (QED) is 0.239. The zero-order chi connectivity index (χ0) is 24.2. The molecule has 0 saturated heterocycles. The number of para-hydroxylation sites is 1. The summed E-state index contributed by atoms with van der Waals surface area (Å²) in [6.45, 7) is 3.94. The van der Waals surface area contributed by atoms with Gasteiger partial charge in [0.15, 0.2) is 0 Å². The molecule has 0 aliphatic rings. The number of carbonyl (C=O) groups excluding carboxylic acids is 1. The Bertz CT molecular complexity index is 1390. The Labute approximate surface area is 196 Å². The number of amides is 1. The van der Waals surface area contributed by atoms with Gasteiger partial charge < -0.3 is 9.67 Å². The lowest BCUT2D eigenvalue weighted by atomic mass is 10.0. The van der Waals surface area contributed by atoms with Gasteiger partial charge in [-0.05, 0) is 67.4 Å². The first kappa shape index (κ1) is 22.5. The molecule has 0 atom stereocenters. The van der Waals surface area contributed by atoms with Crippen LogP contribution in [0.25, 0.3) is 16.8 Å². The minimum atomic E-state index is -0.495. The Morgan fingerprint density at radius 3 is 2.24 bits per heavy atom. The molecule has 8 nitrogen and oxygen atoms in total. The molecule has 3 aromatic carbocycles. The molecule has 0 unspecified atom stereocenters. The van der Waals surface area contributed by atoms with Crippen LogP contribution in [0.2, 0.25) is 0 Å². The van der Waals surface area contributed by atoms with Crippen molar-refractivity contribution < 1.29 is 14.8 Å². The van der Waals surface area contributed by atoms with Crippen LogP contribution in [0, 0.1) is 24.0 Å². The van der Waals surface area contributed by atoms with Crippen LogP contribution in [0.3, 0.4) is 0 Å². The Morgan fingerprint density at radius 2 is 1.62 bits per heavy atom. The lowest BCUT2D eigenvalue weighted by molar-refractivity contribution is -0.384. The van der Waals surface area contributed by atoms with Crippen LogP contribution in [0.1, 0.15) is 27.3 Å². The van der Waals surface area contributed by atoms with E-state index < -0.39 is 10.8 Å². The molecule has 2 N–H and O–H groups in total. The van der Waals surface area contributed by atoms with Crippen molar-refractivity contribution in [1.82, 2.24) is 9.99 Å². The van der Waals surface area contributed by atoms with Gasteiger partial charge in [0.1, 0.15) is 5.75 Å². The maximum atomic E-state index is 12.2. The fraction of sp³-hybridized carbons (Fsp3) is 0.0769. The van der Waals surface area contributed by atoms with Gasteiger partial charge in [0.05, 0.1) is 16.7 Å². The van der Waals surface area contributed by atoms with Crippen molar-refractivity contribution in [1.29, 1.82) is 0 Å². The zero-order valence-corrected chi connectivity index (χ0v) is 18.6. The lowest BCUT2D eigenvalue weighted by Gasteiger charge is -2.11. The van der Waals surface area contributed by atoms with E-state index in [1.54, 1.807) is 30.5 Å². The highest BCUT2D eigenvalue weighted by Gasteiger charge is 2.12. The fourth-order valence-electron chi connectivity index (χ4n) is 3.78. The van der Waals surface area contributed by atoms with Crippen molar-refractivity contribution in [3.8, 4) is 22.6 Å². The topological polar surface area (TPSA) is 110 Å². The minimum Gasteiger partial charge on any atom is -0.507 e.